The molecule has 2 aromatic rings. The monoisotopic (exact) mass is 347 g/mol. The smallest absolute Gasteiger partial charge is 0.352 e. The lowest BCUT2D eigenvalue weighted by Gasteiger charge is -2.32. The van der Waals surface area contributed by atoms with Crippen molar-refractivity contribution in [3.05, 3.63) is 51.9 Å². The van der Waals surface area contributed by atoms with Crippen molar-refractivity contribution in [3.63, 3.8) is 0 Å². The highest BCUT2D eigenvalue weighted by molar-refractivity contribution is 5.52. The Morgan fingerprint density at radius 3 is 3.00 bits per heavy atom. The Hall–Kier alpha value is -2.48. The van der Waals surface area contributed by atoms with E-state index in [1.165, 1.54) is 6.07 Å². The van der Waals surface area contributed by atoms with Crippen molar-refractivity contribution in [2.75, 3.05) is 18.1 Å². The summed E-state index contributed by atoms with van der Waals surface area (Å²) in [6.07, 6.45) is 1.13. The molecule has 3 aliphatic heterocycles. The van der Waals surface area contributed by atoms with Crippen LogP contribution in [0.15, 0.2) is 29.1 Å². The molecule has 0 radical (unpaired) electrons. The largest absolute Gasteiger partial charge is 0.473 e. The average molecular weight is 347 g/mol. The molecule has 8 heteroatoms. The molecule has 0 aliphatic carbocycles. The van der Waals surface area contributed by atoms with Crippen LogP contribution in [-0.2, 0) is 17.9 Å². The molecule has 0 unspecified atom stereocenters. The molecule has 4 heterocycles. The predicted molar refractivity (Wildman–Crippen MR) is 83.6 cm³/mol. The van der Waals surface area contributed by atoms with Gasteiger partial charge in [-0.05, 0) is 17.7 Å². The van der Waals surface area contributed by atoms with Crippen LogP contribution in [0.5, 0.6) is 5.88 Å². The van der Waals surface area contributed by atoms with Crippen molar-refractivity contribution in [2.24, 2.45) is 0 Å². The van der Waals surface area contributed by atoms with Crippen LogP contribution < -0.4 is 15.3 Å². The number of ether oxygens (including phenoxy) is 2. The molecule has 2 saturated heterocycles. The molecule has 6 nitrogen and oxygen atoms in total. The summed E-state index contributed by atoms with van der Waals surface area (Å²) >= 11 is 0. The summed E-state index contributed by atoms with van der Waals surface area (Å²) in [5.41, 5.74) is -0.0478. The Morgan fingerprint density at radius 1 is 1.32 bits per heavy atom. The number of fused-ring (bicyclic) bond motifs is 3. The molecule has 2 bridgehead atoms. The van der Waals surface area contributed by atoms with Crippen LogP contribution in [-0.4, -0.2) is 34.3 Å². The molecular formula is C17H15F2N3O3. The quantitative estimate of drug-likeness (QED) is 0.841. The lowest BCUT2D eigenvalue weighted by Crippen LogP contribution is -2.46. The molecule has 130 valence electrons. The summed E-state index contributed by atoms with van der Waals surface area (Å²) in [7, 11) is 0. The van der Waals surface area contributed by atoms with Crippen molar-refractivity contribution in [1.82, 2.24) is 9.55 Å². The second kappa shape index (κ2) is 5.01. The van der Waals surface area contributed by atoms with Crippen LogP contribution in [0.1, 0.15) is 12.0 Å². The van der Waals surface area contributed by atoms with E-state index in [4.69, 9.17) is 9.47 Å². The van der Waals surface area contributed by atoms with E-state index in [-0.39, 0.29) is 29.8 Å². The maximum Gasteiger partial charge on any atom is 0.352 e. The Balaban J connectivity index is 1.41. The van der Waals surface area contributed by atoms with E-state index in [1.807, 2.05) is 0 Å². The third kappa shape index (κ3) is 2.17. The van der Waals surface area contributed by atoms with Gasteiger partial charge in [-0.1, -0.05) is 6.07 Å². The van der Waals surface area contributed by atoms with Crippen molar-refractivity contribution in [1.29, 1.82) is 0 Å². The van der Waals surface area contributed by atoms with Crippen molar-refractivity contribution < 1.29 is 18.3 Å². The van der Waals surface area contributed by atoms with Crippen LogP contribution in [0, 0.1) is 11.6 Å². The number of hydrogen-bond acceptors (Lipinski definition) is 5. The van der Waals surface area contributed by atoms with Gasteiger partial charge in [-0.3, -0.25) is 4.57 Å². The van der Waals surface area contributed by atoms with E-state index >= 15 is 0 Å². The number of aromatic nitrogens is 2. The molecule has 3 aliphatic rings. The van der Waals surface area contributed by atoms with Crippen molar-refractivity contribution in [3.8, 4) is 5.88 Å². The fraction of sp³-hybridized carbons (Fsp3) is 0.412. The Kier molecular flexibility index (Phi) is 2.97. The molecule has 2 fully saturated rings. The molecule has 5 rings (SSSR count). The molecule has 1 spiro atoms. The van der Waals surface area contributed by atoms with Gasteiger partial charge in [-0.25, -0.2) is 13.6 Å². The van der Waals surface area contributed by atoms with Gasteiger partial charge in [0.25, 0.3) is 0 Å². The van der Waals surface area contributed by atoms with Crippen LogP contribution in [0.4, 0.5) is 14.6 Å². The normalized spacial score (nSPS) is 26.0. The maximum atomic E-state index is 13.3. The summed E-state index contributed by atoms with van der Waals surface area (Å²) in [5.74, 6) is -0.875. The maximum absolute atomic E-state index is 13.3. The fourth-order valence-corrected chi connectivity index (χ4v) is 4.05. The zero-order valence-corrected chi connectivity index (χ0v) is 13.2. The summed E-state index contributed by atoms with van der Waals surface area (Å²) in [6.45, 7) is 1.95. The third-order valence-electron chi connectivity index (χ3n) is 5.22. The Morgan fingerprint density at radius 2 is 2.20 bits per heavy atom. The first-order valence-electron chi connectivity index (χ1n) is 8.12. The SMILES string of the molecule is O=c1nc(OCc2ccc(F)c(F)c2)cc2n1C[C@]13CO[C@H](CN21)C3. The van der Waals surface area contributed by atoms with Crippen LogP contribution in [0.3, 0.4) is 0 Å². The van der Waals surface area contributed by atoms with Crippen LogP contribution in [0.2, 0.25) is 0 Å². The van der Waals surface area contributed by atoms with E-state index in [2.05, 4.69) is 9.88 Å². The lowest BCUT2D eigenvalue weighted by molar-refractivity contribution is 0.0856. The minimum Gasteiger partial charge on any atom is -0.473 e. The minimum atomic E-state index is -0.932. The molecule has 1 aromatic carbocycles. The topological polar surface area (TPSA) is 56.6 Å². The first-order chi connectivity index (χ1) is 12.0. The van der Waals surface area contributed by atoms with E-state index in [1.54, 1.807) is 10.6 Å². The molecule has 25 heavy (non-hydrogen) atoms. The van der Waals surface area contributed by atoms with Gasteiger partial charge in [-0.2, -0.15) is 4.98 Å². The summed E-state index contributed by atoms with van der Waals surface area (Å²) in [4.78, 5) is 18.5. The van der Waals surface area contributed by atoms with Gasteiger partial charge in [0.15, 0.2) is 11.6 Å². The lowest BCUT2D eigenvalue weighted by atomic mass is 10.0. The minimum absolute atomic E-state index is 0.00394. The summed E-state index contributed by atoms with van der Waals surface area (Å²) in [5, 5.41) is 0. The number of nitrogens with zero attached hydrogens (tertiary/aromatic N) is 3. The number of hydrogen-bond donors (Lipinski definition) is 0. The standard InChI is InChI=1S/C17H15F2N3O3/c18-12-2-1-10(3-13(12)19)7-24-14-4-15-21(16(23)20-14)8-17-5-11(25-9-17)6-22(15)17/h1-4,11H,5-9H2/t11-,17+/m0/s1. The highest BCUT2D eigenvalue weighted by atomic mass is 19.2. The first-order valence-corrected chi connectivity index (χ1v) is 8.12. The molecular weight excluding hydrogens is 332 g/mol. The van der Waals surface area contributed by atoms with Crippen LogP contribution >= 0.6 is 0 Å². The number of rotatable bonds is 3. The van der Waals surface area contributed by atoms with Gasteiger partial charge >= 0.3 is 5.69 Å². The molecule has 0 saturated carbocycles. The molecule has 0 amide bonds. The third-order valence-corrected chi connectivity index (χ3v) is 5.22. The average Bonchev–Trinajstić information content (AvgIpc) is 3.24. The summed E-state index contributed by atoms with van der Waals surface area (Å²) in [6, 6.07) is 5.28. The Bertz CT molecular complexity index is 932. The number of benzene rings is 1. The highest BCUT2D eigenvalue weighted by Crippen LogP contribution is 2.46. The van der Waals surface area contributed by atoms with E-state index < -0.39 is 11.6 Å². The zero-order chi connectivity index (χ0) is 17.2. The summed E-state index contributed by atoms with van der Waals surface area (Å²) < 4.78 is 39.1. The van der Waals surface area contributed by atoms with Gasteiger partial charge in [0.2, 0.25) is 5.88 Å². The van der Waals surface area contributed by atoms with E-state index in [0.717, 1.165) is 30.9 Å². The van der Waals surface area contributed by atoms with Gasteiger partial charge in [0.1, 0.15) is 12.4 Å². The second-order valence-electron chi connectivity index (χ2n) is 6.83. The zero-order valence-electron chi connectivity index (χ0n) is 13.2. The van der Waals surface area contributed by atoms with Gasteiger partial charge in [0, 0.05) is 19.0 Å². The molecule has 2 atom stereocenters. The van der Waals surface area contributed by atoms with E-state index in [9.17, 15) is 13.6 Å². The fourth-order valence-electron chi connectivity index (χ4n) is 4.05. The predicted octanol–water partition coefficient (Wildman–Crippen LogP) is 1.46. The van der Waals surface area contributed by atoms with Crippen LogP contribution in [0.25, 0.3) is 0 Å². The van der Waals surface area contributed by atoms with Gasteiger partial charge < -0.3 is 14.4 Å². The molecule has 1 aromatic heterocycles. The first kappa shape index (κ1) is 14.8. The van der Waals surface area contributed by atoms with Gasteiger partial charge in [-0.15, -0.1) is 0 Å². The van der Waals surface area contributed by atoms with Crippen molar-refractivity contribution >= 4 is 5.82 Å². The highest BCUT2D eigenvalue weighted by Gasteiger charge is 2.56. The second-order valence-corrected chi connectivity index (χ2v) is 6.83. The number of halogens is 2. The Labute approximate surface area is 141 Å². The van der Waals surface area contributed by atoms with E-state index in [0.29, 0.717) is 18.7 Å². The number of morpholine rings is 1. The molecule has 0 N–H and O–H groups in total. The van der Waals surface area contributed by atoms with Gasteiger partial charge in [0.05, 0.1) is 24.8 Å². The van der Waals surface area contributed by atoms with Crippen molar-refractivity contribution in [2.45, 2.75) is 31.2 Å². The number of anilines is 1.